The number of nitrogens with zero attached hydrogens (tertiary/aromatic N) is 3. The van der Waals surface area contributed by atoms with Gasteiger partial charge in [0.05, 0.1) is 11.4 Å². The van der Waals surface area contributed by atoms with Crippen LogP contribution in [0.5, 0.6) is 11.5 Å². The minimum absolute atomic E-state index is 0.250. The number of hydrogen-bond donors (Lipinski definition) is 1. The maximum atomic E-state index is 6.03. The number of rotatable bonds is 7. The van der Waals surface area contributed by atoms with Crippen molar-refractivity contribution in [1.29, 1.82) is 0 Å². The number of anilines is 1. The third-order valence-electron chi connectivity index (χ3n) is 4.53. The second kappa shape index (κ2) is 7.17. The average Bonchev–Trinajstić information content (AvgIpc) is 3.26. The highest BCUT2D eigenvalue weighted by Crippen LogP contribution is 2.37. The molecule has 2 N–H and O–H groups in total. The van der Waals surface area contributed by atoms with Gasteiger partial charge in [-0.2, -0.15) is 0 Å². The van der Waals surface area contributed by atoms with E-state index in [1.165, 1.54) is 0 Å². The summed E-state index contributed by atoms with van der Waals surface area (Å²) < 4.78 is 13.0. The Balaban J connectivity index is 1.84. The van der Waals surface area contributed by atoms with Gasteiger partial charge in [-0.1, -0.05) is 12.2 Å². The number of aromatic nitrogens is 2. The zero-order valence-electron chi connectivity index (χ0n) is 15.1. The number of nitrogen functional groups attached to an aromatic ring is 1. The molecular weight excluding hydrogens is 340 g/mol. The topological polar surface area (TPSA) is 65.0 Å². The first-order chi connectivity index (χ1) is 13.2. The molecular formula is C21H22N4O2. The molecule has 3 heterocycles. The molecule has 0 aliphatic carbocycles. The Bertz CT molecular complexity index is 999. The fourth-order valence-electron chi connectivity index (χ4n) is 3.32. The molecule has 0 atom stereocenters. The van der Waals surface area contributed by atoms with Crippen molar-refractivity contribution < 1.29 is 9.47 Å². The second-order valence-corrected chi connectivity index (χ2v) is 6.44. The normalized spacial score (nSPS) is 12.6. The quantitative estimate of drug-likeness (QED) is 0.652. The zero-order chi connectivity index (χ0) is 18.8. The first-order valence-electron chi connectivity index (χ1n) is 8.80. The van der Waals surface area contributed by atoms with Gasteiger partial charge in [-0.05, 0) is 30.3 Å². The number of pyridine rings is 1. The molecule has 6 nitrogen and oxygen atoms in total. The summed E-state index contributed by atoms with van der Waals surface area (Å²) in [5, 5.41) is 0. The lowest BCUT2D eigenvalue weighted by Crippen LogP contribution is -2.24. The molecule has 0 fully saturated rings. The number of ether oxygens (including phenoxy) is 2. The molecule has 0 spiro atoms. The van der Waals surface area contributed by atoms with Gasteiger partial charge >= 0.3 is 0 Å². The van der Waals surface area contributed by atoms with Crippen LogP contribution in [0, 0.1) is 0 Å². The fourth-order valence-corrected chi connectivity index (χ4v) is 3.32. The smallest absolute Gasteiger partial charge is 0.231 e. The molecule has 27 heavy (non-hydrogen) atoms. The van der Waals surface area contributed by atoms with E-state index < -0.39 is 0 Å². The van der Waals surface area contributed by atoms with Gasteiger partial charge in [0, 0.05) is 37.1 Å². The van der Waals surface area contributed by atoms with Crippen LogP contribution in [0.1, 0.15) is 5.69 Å². The van der Waals surface area contributed by atoms with Gasteiger partial charge in [0.25, 0.3) is 0 Å². The average molecular weight is 362 g/mol. The summed E-state index contributed by atoms with van der Waals surface area (Å²) in [5.41, 5.74) is 10.5. The van der Waals surface area contributed by atoms with Gasteiger partial charge in [-0.15, -0.1) is 13.2 Å². The SMILES string of the molecule is C=CCN(CC=C)Cc1c(-c2ccc3c(c2)OCO3)nc2ccc(N)cn12. The summed E-state index contributed by atoms with van der Waals surface area (Å²) in [5.74, 6) is 1.50. The van der Waals surface area contributed by atoms with Crippen molar-refractivity contribution in [2.24, 2.45) is 0 Å². The number of imidazole rings is 1. The Hall–Kier alpha value is -3.25. The molecule has 0 bridgehead atoms. The minimum Gasteiger partial charge on any atom is -0.454 e. The lowest BCUT2D eigenvalue weighted by atomic mass is 10.1. The molecule has 0 saturated carbocycles. The summed E-state index contributed by atoms with van der Waals surface area (Å²) in [6, 6.07) is 9.70. The van der Waals surface area contributed by atoms with Gasteiger partial charge in [0.1, 0.15) is 5.65 Å². The van der Waals surface area contributed by atoms with Gasteiger partial charge in [0.15, 0.2) is 11.5 Å². The van der Waals surface area contributed by atoms with Crippen molar-refractivity contribution in [3.8, 4) is 22.8 Å². The molecule has 0 radical (unpaired) electrons. The van der Waals surface area contributed by atoms with Gasteiger partial charge in [-0.3, -0.25) is 4.90 Å². The van der Waals surface area contributed by atoms with E-state index >= 15 is 0 Å². The molecule has 138 valence electrons. The van der Waals surface area contributed by atoms with Gasteiger partial charge in [0.2, 0.25) is 6.79 Å². The van der Waals surface area contributed by atoms with Crippen molar-refractivity contribution in [2.75, 3.05) is 25.6 Å². The van der Waals surface area contributed by atoms with Crippen LogP contribution in [0.15, 0.2) is 61.8 Å². The summed E-state index contributed by atoms with van der Waals surface area (Å²) in [6.07, 6.45) is 5.69. The molecule has 1 aromatic carbocycles. The molecule has 0 amide bonds. The maximum absolute atomic E-state index is 6.03. The van der Waals surface area contributed by atoms with E-state index in [9.17, 15) is 0 Å². The Morgan fingerprint density at radius 1 is 1.11 bits per heavy atom. The summed E-state index contributed by atoms with van der Waals surface area (Å²) in [6.45, 7) is 10.2. The van der Waals surface area contributed by atoms with Crippen molar-refractivity contribution in [3.63, 3.8) is 0 Å². The predicted octanol–water partition coefficient (Wildman–Crippen LogP) is 3.49. The van der Waals surface area contributed by atoms with E-state index in [4.69, 9.17) is 20.2 Å². The van der Waals surface area contributed by atoms with Crippen LogP contribution in [-0.2, 0) is 6.54 Å². The Kier molecular flexibility index (Phi) is 4.56. The van der Waals surface area contributed by atoms with Crippen molar-refractivity contribution in [3.05, 3.63) is 67.5 Å². The third kappa shape index (κ3) is 3.27. The number of benzene rings is 1. The van der Waals surface area contributed by atoms with Crippen LogP contribution in [0.4, 0.5) is 5.69 Å². The molecule has 3 aromatic rings. The van der Waals surface area contributed by atoms with Crippen LogP contribution >= 0.6 is 0 Å². The van der Waals surface area contributed by atoms with Crippen LogP contribution in [0.2, 0.25) is 0 Å². The van der Waals surface area contributed by atoms with Crippen LogP contribution < -0.4 is 15.2 Å². The van der Waals surface area contributed by atoms with E-state index in [2.05, 4.69) is 22.5 Å². The highest BCUT2D eigenvalue weighted by Gasteiger charge is 2.20. The number of hydrogen-bond acceptors (Lipinski definition) is 5. The van der Waals surface area contributed by atoms with Gasteiger partial charge < -0.3 is 19.6 Å². The molecule has 1 aliphatic rings. The maximum Gasteiger partial charge on any atom is 0.231 e. The monoisotopic (exact) mass is 362 g/mol. The summed E-state index contributed by atoms with van der Waals surface area (Å²) in [4.78, 5) is 7.09. The van der Waals surface area contributed by atoms with Crippen LogP contribution in [-0.4, -0.2) is 34.2 Å². The lowest BCUT2D eigenvalue weighted by Gasteiger charge is -2.19. The lowest BCUT2D eigenvalue weighted by molar-refractivity contribution is 0.174. The zero-order valence-corrected chi connectivity index (χ0v) is 15.1. The van der Waals surface area contributed by atoms with E-state index in [0.717, 1.165) is 47.2 Å². The van der Waals surface area contributed by atoms with E-state index in [1.807, 2.05) is 48.7 Å². The van der Waals surface area contributed by atoms with Crippen molar-refractivity contribution in [2.45, 2.75) is 6.54 Å². The molecule has 1 aliphatic heterocycles. The highest BCUT2D eigenvalue weighted by molar-refractivity contribution is 5.70. The van der Waals surface area contributed by atoms with Crippen molar-refractivity contribution >= 4 is 11.3 Å². The molecule has 4 rings (SSSR count). The van der Waals surface area contributed by atoms with Gasteiger partial charge in [-0.25, -0.2) is 4.98 Å². The molecule has 0 unspecified atom stereocenters. The summed E-state index contributed by atoms with van der Waals surface area (Å²) >= 11 is 0. The highest BCUT2D eigenvalue weighted by atomic mass is 16.7. The first-order valence-corrected chi connectivity index (χ1v) is 8.80. The Labute approximate surface area is 158 Å². The number of nitrogens with two attached hydrogens (primary N) is 1. The molecule has 6 heteroatoms. The Morgan fingerprint density at radius 2 is 1.89 bits per heavy atom. The third-order valence-corrected chi connectivity index (χ3v) is 4.53. The Morgan fingerprint density at radius 3 is 2.67 bits per heavy atom. The summed E-state index contributed by atoms with van der Waals surface area (Å²) in [7, 11) is 0. The van der Waals surface area contributed by atoms with Crippen LogP contribution in [0.3, 0.4) is 0 Å². The first kappa shape index (κ1) is 17.2. The van der Waals surface area contributed by atoms with Crippen molar-refractivity contribution in [1.82, 2.24) is 14.3 Å². The van der Waals surface area contributed by atoms with E-state index in [1.54, 1.807) is 0 Å². The largest absolute Gasteiger partial charge is 0.454 e. The standard InChI is InChI=1S/C21H22N4O2/c1-3-9-24(10-4-2)13-17-21(23-20-8-6-16(22)12-25(17)20)15-5-7-18-19(11-15)27-14-26-18/h3-8,11-12H,1-2,9-10,13-14,22H2. The predicted molar refractivity (Wildman–Crippen MR) is 107 cm³/mol. The fraction of sp³-hybridized carbons (Fsp3) is 0.190. The molecule has 0 saturated heterocycles. The molecule has 2 aromatic heterocycles. The van der Waals surface area contributed by atoms with E-state index in [-0.39, 0.29) is 6.79 Å². The number of fused-ring (bicyclic) bond motifs is 2. The van der Waals surface area contributed by atoms with Crippen LogP contribution in [0.25, 0.3) is 16.9 Å². The van der Waals surface area contributed by atoms with E-state index in [0.29, 0.717) is 12.2 Å². The minimum atomic E-state index is 0.250. The second-order valence-electron chi connectivity index (χ2n) is 6.44.